The quantitative estimate of drug-likeness (QED) is 0.710. The van der Waals surface area contributed by atoms with E-state index in [0.29, 0.717) is 0 Å². The normalized spacial score (nSPS) is 17.0. The Hall–Kier alpha value is -2.72. The van der Waals surface area contributed by atoms with Gasteiger partial charge in [0, 0.05) is 30.2 Å². The topological polar surface area (TPSA) is 26.6 Å². The maximum atomic E-state index is 6.02. The van der Waals surface area contributed by atoms with E-state index in [0.717, 1.165) is 30.2 Å². The molecular formula is C21H22N2O2. The largest absolute Gasteiger partial charge is 0.495 e. The Morgan fingerprint density at radius 1 is 1.04 bits per heavy atom. The first-order chi connectivity index (χ1) is 12.3. The highest BCUT2D eigenvalue weighted by Gasteiger charge is 2.28. The number of nitrogens with zero attached hydrogens (tertiary/aromatic N) is 2. The van der Waals surface area contributed by atoms with E-state index in [9.17, 15) is 0 Å². The average Bonchev–Trinajstić information content (AvgIpc) is 3.31. The molecule has 4 heteroatoms. The zero-order chi connectivity index (χ0) is 17.2. The second kappa shape index (κ2) is 6.65. The lowest BCUT2D eigenvalue weighted by atomic mass is 10.2. The zero-order valence-electron chi connectivity index (χ0n) is 14.6. The number of para-hydroxylation sites is 2. The van der Waals surface area contributed by atoms with E-state index in [-0.39, 0.29) is 6.23 Å². The predicted molar refractivity (Wildman–Crippen MR) is 99.5 cm³/mol. The first kappa shape index (κ1) is 15.8. The molecule has 1 atom stereocenters. The van der Waals surface area contributed by atoms with Gasteiger partial charge in [-0.25, -0.2) is 0 Å². The molecule has 0 radical (unpaired) electrons. The maximum Gasteiger partial charge on any atom is 0.158 e. The molecular weight excluding hydrogens is 312 g/mol. The van der Waals surface area contributed by atoms with E-state index >= 15 is 0 Å². The molecule has 25 heavy (non-hydrogen) atoms. The van der Waals surface area contributed by atoms with E-state index in [4.69, 9.17) is 9.47 Å². The molecule has 128 valence electrons. The summed E-state index contributed by atoms with van der Waals surface area (Å²) < 4.78 is 13.6. The van der Waals surface area contributed by atoms with E-state index in [2.05, 4.69) is 65.2 Å². The van der Waals surface area contributed by atoms with Gasteiger partial charge in [-0.2, -0.15) is 0 Å². The molecule has 0 amide bonds. The van der Waals surface area contributed by atoms with Crippen molar-refractivity contribution in [3.63, 3.8) is 0 Å². The van der Waals surface area contributed by atoms with Crippen molar-refractivity contribution in [3.8, 4) is 11.4 Å². The summed E-state index contributed by atoms with van der Waals surface area (Å²) >= 11 is 0. The van der Waals surface area contributed by atoms with Crippen molar-refractivity contribution in [2.75, 3.05) is 25.2 Å². The van der Waals surface area contributed by atoms with Crippen molar-refractivity contribution in [3.05, 3.63) is 78.1 Å². The zero-order valence-corrected chi connectivity index (χ0v) is 14.6. The third-order valence-corrected chi connectivity index (χ3v) is 4.62. The third kappa shape index (κ3) is 3.01. The summed E-state index contributed by atoms with van der Waals surface area (Å²) in [7, 11) is 1.70. The molecule has 0 N–H and O–H groups in total. The van der Waals surface area contributed by atoms with Crippen LogP contribution in [0.4, 0.5) is 5.69 Å². The van der Waals surface area contributed by atoms with Crippen molar-refractivity contribution in [1.82, 2.24) is 4.57 Å². The monoisotopic (exact) mass is 334 g/mol. The highest BCUT2D eigenvalue weighted by atomic mass is 16.5. The van der Waals surface area contributed by atoms with Crippen LogP contribution in [0.15, 0.2) is 67.0 Å². The molecule has 0 unspecified atom stereocenters. The van der Waals surface area contributed by atoms with Gasteiger partial charge in [-0.1, -0.05) is 29.8 Å². The van der Waals surface area contributed by atoms with Gasteiger partial charge >= 0.3 is 0 Å². The summed E-state index contributed by atoms with van der Waals surface area (Å²) in [6.45, 7) is 3.74. The van der Waals surface area contributed by atoms with Crippen LogP contribution in [0.25, 0.3) is 5.69 Å². The fourth-order valence-electron chi connectivity index (χ4n) is 3.30. The standard InChI is InChI=1S/C21H22N2O2/c1-16-7-9-18(10-8-16)23-13-14-25-21(23)17-11-12-22(15-17)19-5-3-4-6-20(19)24-2/h3-12,15,21H,13-14H2,1-2H3/t21-/m0/s1. The third-order valence-electron chi connectivity index (χ3n) is 4.62. The molecule has 1 fully saturated rings. The average molecular weight is 334 g/mol. The number of ether oxygens (including phenoxy) is 2. The van der Waals surface area contributed by atoms with E-state index in [1.54, 1.807) is 7.11 Å². The molecule has 2 aromatic carbocycles. The lowest BCUT2D eigenvalue weighted by Crippen LogP contribution is -2.22. The number of hydrogen-bond acceptors (Lipinski definition) is 3. The van der Waals surface area contributed by atoms with Crippen LogP contribution in [0.5, 0.6) is 5.75 Å². The van der Waals surface area contributed by atoms with E-state index in [1.807, 2.05) is 18.2 Å². The number of rotatable bonds is 4. The van der Waals surface area contributed by atoms with E-state index < -0.39 is 0 Å². The summed E-state index contributed by atoms with van der Waals surface area (Å²) in [5, 5.41) is 0. The molecule has 0 spiro atoms. The number of anilines is 1. The Balaban J connectivity index is 1.64. The first-order valence-electron chi connectivity index (χ1n) is 8.52. The van der Waals surface area contributed by atoms with Crippen molar-refractivity contribution in [1.29, 1.82) is 0 Å². The number of aromatic nitrogens is 1. The van der Waals surface area contributed by atoms with Gasteiger partial charge in [-0.05, 0) is 37.3 Å². The highest BCUT2D eigenvalue weighted by Crippen LogP contribution is 2.33. The molecule has 1 aliphatic heterocycles. The molecule has 2 heterocycles. The van der Waals surface area contributed by atoms with Gasteiger partial charge in [-0.3, -0.25) is 0 Å². The summed E-state index contributed by atoms with van der Waals surface area (Å²) in [5.41, 5.74) is 4.63. The van der Waals surface area contributed by atoms with Crippen LogP contribution in [0.1, 0.15) is 17.4 Å². The molecule has 1 saturated heterocycles. The van der Waals surface area contributed by atoms with Gasteiger partial charge in [0.05, 0.1) is 19.4 Å². The summed E-state index contributed by atoms with van der Waals surface area (Å²) in [4.78, 5) is 2.31. The highest BCUT2D eigenvalue weighted by molar-refractivity contribution is 5.51. The molecule has 0 aliphatic carbocycles. The van der Waals surface area contributed by atoms with Gasteiger partial charge in [0.2, 0.25) is 0 Å². The fraction of sp³-hybridized carbons (Fsp3) is 0.238. The predicted octanol–water partition coefficient (Wildman–Crippen LogP) is 4.33. The number of hydrogen-bond donors (Lipinski definition) is 0. The Morgan fingerprint density at radius 3 is 2.64 bits per heavy atom. The van der Waals surface area contributed by atoms with Crippen LogP contribution in [0.3, 0.4) is 0 Å². The molecule has 3 aromatic rings. The summed E-state index contributed by atoms with van der Waals surface area (Å²) in [6, 6.07) is 18.7. The second-order valence-electron chi connectivity index (χ2n) is 6.28. The van der Waals surface area contributed by atoms with Crippen LogP contribution in [-0.4, -0.2) is 24.8 Å². The smallest absolute Gasteiger partial charge is 0.158 e. The van der Waals surface area contributed by atoms with Crippen LogP contribution in [-0.2, 0) is 4.74 Å². The Kier molecular flexibility index (Phi) is 4.20. The van der Waals surface area contributed by atoms with Crippen LogP contribution in [0, 0.1) is 6.92 Å². The number of aryl methyl sites for hydroxylation is 1. The summed E-state index contributed by atoms with van der Waals surface area (Å²) in [6.07, 6.45) is 4.12. The fourth-order valence-corrected chi connectivity index (χ4v) is 3.30. The van der Waals surface area contributed by atoms with Gasteiger partial charge in [0.25, 0.3) is 0 Å². The molecule has 0 saturated carbocycles. The molecule has 1 aliphatic rings. The SMILES string of the molecule is COc1ccccc1-n1ccc([C@@H]2OCCN2c2ccc(C)cc2)c1. The second-order valence-corrected chi connectivity index (χ2v) is 6.28. The van der Waals surface area contributed by atoms with Crippen molar-refractivity contribution in [2.45, 2.75) is 13.2 Å². The number of methoxy groups -OCH3 is 1. The van der Waals surface area contributed by atoms with Gasteiger partial charge in [0.15, 0.2) is 6.23 Å². The maximum absolute atomic E-state index is 6.02. The minimum absolute atomic E-state index is 0.0568. The van der Waals surface area contributed by atoms with Crippen LogP contribution >= 0.6 is 0 Å². The Labute approximate surface area is 148 Å². The van der Waals surface area contributed by atoms with Crippen LogP contribution < -0.4 is 9.64 Å². The first-order valence-corrected chi connectivity index (χ1v) is 8.52. The Morgan fingerprint density at radius 2 is 1.84 bits per heavy atom. The summed E-state index contributed by atoms with van der Waals surface area (Å²) in [5.74, 6) is 0.854. The molecule has 1 aromatic heterocycles. The lowest BCUT2D eigenvalue weighted by molar-refractivity contribution is 0.114. The molecule has 0 bridgehead atoms. The van der Waals surface area contributed by atoms with Gasteiger partial charge in [-0.15, -0.1) is 0 Å². The van der Waals surface area contributed by atoms with Crippen molar-refractivity contribution in [2.24, 2.45) is 0 Å². The van der Waals surface area contributed by atoms with Gasteiger partial charge < -0.3 is 18.9 Å². The van der Waals surface area contributed by atoms with Crippen LogP contribution in [0.2, 0.25) is 0 Å². The Bertz CT molecular complexity index is 854. The van der Waals surface area contributed by atoms with Crippen molar-refractivity contribution >= 4 is 5.69 Å². The minimum atomic E-state index is -0.0568. The van der Waals surface area contributed by atoms with Gasteiger partial charge in [0.1, 0.15) is 5.75 Å². The minimum Gasteiger partial charge on any atom is -0.495 e. The van der Waals surface area contributed by atoms with E-state index in [1.165, 1.54) is 11.3 Å². The lowest BCUT2D eigenvalue weighted by Gasteiger charge is -2.24. The van der Waals surface area contributed by atoms with Crippen molar-refractivity contribution < 1.29 is 9.47 Å². The molecule has 4 nitrogen and oxygen atoms in total. The number of benzene rings is 2. The molecule has 4 rings (SSSR count).